The fourth-order valence-electron chi connectivity index (χ4n) is 3.88. The van der Waals surface area contributed by atoms with Crippen molar-refractivity contribution in [3.05, 3.63) is 44.3 Å². The Balaban J connectivity index is 1.53. The Labute approximate surface area is 157 Å². The van der Waals surface area contributed by atoms with Gasteiger partial charge in [-0.05, 0) is 61.4 Å². The molecule has 1 atom stereocenters. The molecule has 2 aromatic rings. The van der Waals surface area contributed by atoms with Crippen LogP contribution in [0.5, 0.6) is 0 Å². The molecule has 1 fully saturated rings. The molecule has 0 bridgehead atoms. The fraction of sp³-hybridized carbons (Fsp3) is 0.526. The lowest BCUT2D eigenvalue weighted by molar-refractivity contribution is -0.134. The molecule has 1 saturated heterocycles. The maximum Gasteiger partial charge on any atom is 0.237 e. The molecule has 0 spiro atoms. The van der Waals surface area contributed by atoms with Gasteiger partial charge in [-0.1, -0.05) is 6.07 Å². The first-order valence-corrected chi connectivity index (χ1v) is 10.8. The molecule has 1 amide bonds. The van der Waals surface area contributed by atoms with Crippen molar-refractivity contribution in [2.45, 2.75) is 18.9 Å². The van der Waals surface area contributed by atoms with E-state index in [1.54, 1.807) is 11.3 Å². The summed E-state index contributed by atoms with van der Waals surface area (Å²) < 4.78 is 0. The molecule has 0 aliphatic carbocycles. The van der Waals surface area contributed by atoms with Crippen LogP contribution in [0.4, 0.5) is 0 Å². The second-order valence-electron chi connectivity index (χ2n) is 6.99. The third-order valence-electron chi connectivity index (χ3n) is 5.27. The normalized spacial score (nSPS) is 22.6. The predicted molar refractivity (Wildman–Crippen MR) is 104 cm³/mol. The lowest BCUT2D eigenvalue weighted by Crippen LogP contribution is -2.45. The van der Waals surface area contributed by atoms with Crippen LogP contribution in [0.2, 0.25) is 0 Å². The maximum absolute atomic E-state index is 13.2. The second-order valence-corrected chi connectivity index (χ2v) is 8.97. The molecule has 2 aliphatic heterocycles. The molecule has 2 aromatic heterocycles. The van der Waals surface area contributed by atoms with Crippen molar-refractivity contribution >= 4 is 28.6 Å². The number of hydrogen-bond donors (Lipinski definition) is 0. The zero-order chi connectivity index (χ0) is 17.2. The van der Waals surface area contributed by atoms with Crippen molar-refractivity contribution in [1.82, 2.24) is 14.7 Å². The van der Waals surface area contributed by atoms with Crippen LogP contribution < -0.4 is 0 Å². The van der Waals surface area contributed by atoms with Crippen molar-refractivity contribution in [1.29, 1.82) is 0 Å². The minimum absolute atomic E-state index is 0.108. The van der Waals surface area contributed by atoms with E-state index in [0.717, 1.165) is 45.6 Å². The van der Waals surface area contributed by atoms with Crippen LogP contribution >= 0.6 is 22.7 Å². The summed E-state index contributed by atoms with van der Waals surface area (Å²) in [5.41, 5.74) is 1.34. The van der Waals surface area contributed by atoms with Crippen LogP contribution in [0, 0.1) is 0 Å². The first-order valence-electron chi connectivity index (χ1n) is 9.02. The minimum atomic E-state index is 0.108. The van der Waals surface area contributed by atoms with Gasteiger partial charge in [-0.3, -0.25) is 9.69 Å². The number of hydrogen-bond acceptors (Lipinski definition) is 5. The Bertz CT molecular complexity index is 712. The van der Waals surface area contributed by atoms with Crippen LogP contribution in [-0.4, -0.2) is 66.9 Å². The Kier molecular flexibility index (Phi) is 5.22. The fourth-order valence-corrected chi connectivity index (χ4v) is 5.64. The molecule has 2 aliphatic rings. The van der Waals surface area contributed by atoms with E-state index in [1.807, 2.05) is 11.3 Å². The van der Waals surface area contributed by atoms with E-state index in [0.29, 0.717) is 6.54 Å². The summed E-state index contributed by atoms with van der Waals surface area (Å²) in [6.45, 7) is 5.58. The van der Waals surface area contributed by atoms with Crippen LogP contribution in [0.25, 0.3) is 0 Å². The van der Waals surface area contributed by atoms with Crippen LogP contribution in [0.1, 0.15) is 27.8 Å². The SMILES string of the molecule is CN1CCCN(CC(=O)N2CCc3sccc3C2c2cccs2)CC1. The molecular formula is C19H25N3OS2. The highest BCUT2D eigenvalue weighted by atomic mass is 32.1. The minimum Gasteiger partial charge on any atom is -0.329 e. The largest absolute Gasteiger partial charge is 0.329 e. The van der Waals surface area contributed by atoms with Crippen LogP contribution in [0.3, 0.4) is 0 Å². The smallest absolute Gasteiger partial charge is 0.237 e. The highest BCUT2D eigenvalue weighted by Crippen LogP contribution is 2.39. The van der Waals surface area contributed by atoms with Crippen molar-refractivity contribution < 1.29 is 4.79 Å². The molecule has 4 heterocycles. The summed E-state index contributed by atoms with van der Waals surface area (Å²) in [6, 6.07) is 6.58. The van der Waals surface area contributed by atoms with Crippen molar-refractivity contribution in [3.63, 3.8) is 0 Å². The zero-order valence-corrected chi connectivity index (χ0v) is 16.3. The average molecular weight is 376 g/mol. The van der Waals surface area contributed by atoms with Gasteiger partial charge in [-0.25, -0.2) is 0 Å². The zero-order valence-electron chi connectivity index (χ0n) is 14.7. The third kappa shape index (κ3) is 3.67. The summed E-state index contributed by atoms with van der Waals surface area (Å²) in [5.74, 6) is 0.278. The van der Waals surface area contributed by atoms with E-state index in [2.05, 4.69) is 50.7 Å². The summed E-state index contributed by atoms with van der Waals surface area (Å²) in [5, 5.41) is 4.28. The lowest BCUT2D eigenvalue weighted by Gasteiger charge is -2.36. The van der Waals surface area contributed by atoms with E-state index in [-0.39, 0.29) is 11.9 Å². The van der Waals surface area contributed by atoms with Gasteiger partial charge < -0.3 is 9.80 Å². The standard InChI is InChI=1S/C19H25N3OS2/c1-20-7-3-8-21(11-10-20)14-18(23)22-9-5-16-15(6-13-25-16)19(22)17-4-2-12-24-17/h2,4,6,12-13,19H,3,5,7-11,14H2,1H3. The molecule has 6 heteroatoms. The van der Waals surface area contributed by atoms with Crippen molar-refractivity contribution in [3.8, 4) is 0 Å². The highest BCUT2D eigenvalue weighted by molar-refractivity contribution is 7.10. The summed E-state index contributed by atoms with van der Waals surface area (Å²) >= 11 is 3.59. The highest BCUT2D eigenvalue weighted by Gasteiger charge is 2.33. The third-order valence-corrected chi connectivity index (χ3v) is 7.19. The maximum atomic E-state index is 13.2. The summed E-state index contributed by atoms with van der Waals surface area (Å²) in [6.07, 6.45) is 2.14. The lowest BCUT2D eigenvalue weighted by atomic mass is 9.98. The van der Waals surface area contributed by atoms with Crippen molar-refractivity contribution in [2.75, 3.05) is 46.3 Å². The molecule has 4 rings (SSSR count). The van der Waals surface area contributed by atoms with Gasteiger partial charge in [0, 0.05) is 29.4 Å². The van der Waals surface area contributed by atoms with Gasteiger partial charge in [-0.2, -0.15) is 0 Å². The molecule has 0 radical (unpaired) electrons. The molecule has 1 unspecified atom stereocenters. The van der Waals surface area contributed by atoms with E-state index >= 15 is 0 Å². The van der Waals surface area contributed by atoms with E-state index in [9.17, 15) is 4.79 Å². The van der Waals surface area contributed by atoms with Crippen molar-refractivity contribution in [2.24, 2.45) is 0 Å². The van der Waals surface area contributed by atoms with Gasteiger partial charge in [0.25, 0.3) is 0 Å². The predicted octanol–water partition coefficient (Wildman–Crippen LogP) is 2.92. The topological polar surface area (TPSA) is 26.8 Å². The first-order chi connectivity index (χ1) is 12.2. The first kappa shape index (κ1) is 17.2. The quantitative estimate of drug-likeness (QED) is 0.825. The Hall–Kier alpha value is -1.21. The molecule has 134 valence electrons. The summed E-state index contributed by atoms with van der Waals surface area (Å²) in [4.78, 5) is 22.7. The van der Waals surface area contributed by atoms with Gasteiger partial charge in [-0.15, -0.1) is 22.7 Å². The molecule has 4 nitrogen and oxygen atoms in total. The monoisotopic (exact) mass is 375 g/mol. The number of carbonyl (C=O) groups excluding carboxylic acids is 1. The number of carbonyl (C=O) groups is 1. The number of nitrogens with zero attached hydrogens (tertiary/aromatic N) is 3. The molecule has 25 heavy (non-hydrogen) atoms. The van der Waals surface area contributed by atoms with Crippen LogP contribution in [0.15, 0.2) is 29.0 Å². The summed E-state index contributed by atoms with van der Waals surface area (Å²) in [7, 11) is 2.17. The molecule has 0 N–H and O–H groups in total. The molecular weight excluding hydrogens is 350 g/mol. The van der Waals surface area contributed by atoms with Gasteiger partial charge in [0.1, 0.15) is 0 Å². The van der Waals surface area contributed by atoms with E-state index in [4.69, 9.17) is 0 Å². The molecule has 0 saturated carbocycles. The molecule has 0 aromatic carbocycles. The van der Waals surface area contributed by atoms with E-state index in [1.165, 1.54) is 15.3 Å². The number of thiophene rings is 2. The van der Waals surface area contributed by atoms with Crippen LogP contribution in [-0.2, 0) is 11.2 Å². The van der Waals surface area contributed by atoms with E-state index < -0.39 is 0 Å². The average Bonchev–Trinajstić information content (AvgIpc) is 3.26. The number of amides is 1. The Morgan fingerprint density at radius 2 is 2.04 bits per heavy atom. The van der Waals surface area contributed by atoms with Gasteiger partial charge in [0.05, 0.1) is 12.6 Å². The number of likely N-dealkylation sites (N-methyl/N-ethyl adjacent to an activating group) is 1. The Morgan fingerprint density at radius 3 is 2.88 bits per heavy atom. The second kappa shape index (κ2) is 7.58. The van der Waals surface area contributed by atoms with Gasteiger partial charge in [0.2, 0.25) is 5.91 Å². The Morgan fingerprint density at radius 1 is 1.12 bits per heavy atom. The number of rotatable bonds is 3. The number of fused-ring (bicyclic) bond motifs is 1. The van der Waals surface area contributed by atoms with Gasteiger partial charge >= 0.3 is 0 Å². The van der Waals surface area contributed by atoms with Gasteiger partial charge in [0.15, 0.2) is 0 Å².